The van der Waals surface area contributed by atoms with Gasteiger partial charge in [-0.05, 0) is 55.3 Å². The Labute approximate surface area is 189 Å². The Hall–Kier alpha value is -2.66. The highest BCUT2D eigenvalue weighted by molar-refractivity contribution is 7.89. The first kappa shape index (κ1) is 25.0. The number of halogens is 4. The fourth-order valence-corrected chi connectivity index (χ4v) is 5.38. The van der Waals surface area contributed by atoms with Crippen molar-refractivity contribution in [3.05, 3.63) is 58.9 Å². The van der Waals surface area contributed by atoms with Crippen molar-refractivity contribution in [3.63, 3.8) is 0 Å². The number of alkyl halides is 3. The van der Waals surface area contributed by atoms with E-state index in [9.17, 15) is 30.8 Å². The second kappa shape index (κ2) is 9.30. The lowest BCUT2D eigenvalue weighted by Gasteiger charge is -2.40. The largest absolute Gasteiger partial charge is 0.469 e. The van der Waals surface area contributed by atoms with Crippen LogP contribution >= 0.6 is 0 Å². The first-order valence-electron chi connectivity index (χ1n) is 10.1. The standard InChI is InChI=1S/C22H24F4N2O4S/c1-14-4-6-18(10-16(14)11-21(29)32-3)33(30,31)27-8-9-28(15(2)13-27)17-5-7-19(20(23)12-17)22(24,25)26/h4-7,10,12,15H,8-9,11,13H2,1-3H3/t15-/m0/s1. The van der Waals surface area contributed by atoms with Crippen molar-refractivity contribution in [2.75, 3.05) is 31.6 Å². The van der Waals surface area contributed by atoms with Gasteiger partial charge in [-0.25, -0.2) is 12.8 Å². The maximum absolute atomic E-state index is 14.0. The molecule has 1 aliphatic heterocycles. The Kier molecular flexibility index (Phi) is 7.04. The molecular formula is C22H24F4N2O4S. The zero-order valence-corrected chi connectivity index (χ0v) is 19.1. The summed E-state index contributed by atoms with van der Waals surface area (Å²) < 4.78 is 84.9. The van der Waals surface area contributed by atoms with Crippen LogP contribution in [0.15, 0.2) is 41.3 Å². The Bertz CT molecular complexity index is 1150. The van der Waals surface area contributed by atoms with Gasteiger partial charge in [0, 0.05) is 31.4 Å². The summed E-state index contributed by atoms with van der Waals surface area (Å²) in [6, 6.07) is 6.82. The van der Waals surface area contributed by atoms with E-state index < -0.39 is 39.6 Å². The van der Waals surface area contributed by atoms with Gasteiger partial charge in [0.25, 0.3) is 0 Å². The monoisotopic (exact) mass is 488 g/mol. The van der Waals surface area contributed by atoms with Crippen LogP contribution in [0.3, 0.4) is 0 Å². The van der Waals surface area contributed by atoms with Gasteiger partial charge in [-0.1, -0.05) is 6.07 Å². The molecule has 0 N–H and O–H groups in total. The van der Waals surface area contributed by atoms with E-state index in [-0.39, 0.29) is 36.6 Å². The molecule has 1 aliphatic rings. The van der Waals surface area contributed by atoms with Gasteiger partial charge in [0.15, 0.2) is 0 Å². The van der Waals surface area contributed by atoms with Gasteiger partial charge in [-0.15, -0.1) is 0 Å². The fourth-order valence-electron chi connectivity index (χ4n) is 3.81. The Morgan fingerprint density at radius 1 is 1.15 bits per heavy atom. The molecular weight excluding hydrogens is 464 g/mol. The molecule has 1 atom stereocenters. The summed E-state index contributed by atoms with van der Waals surface area (Å²) in [5, 5.41) is 0. The van der Waals surface area contributed by atoms with Crippen LogP contribution in [0.4, 0.5) is 23.2 Å². The molecule has 3 rings (SSSR count). The van der Waals surface area contributed by atoms with E-state index in [1.165, 1.54) is 29.6 Å². The van der Waals surface area contributed by atoms with Crippen LogP contribution in [-0.2, 0) is 32.2 Å². The number of sulfonamides is 1. The van der Waals surface area contributed by atoms with Crippen LogP contribution in [0.2, 0.25) is 0 Å². The summed E-state index contributed by atoms with van der Waals surface area (Å²) >= 11 is 0. The molecule has 0 unspecified atom stereocenters. The average molecular weight is 489 g/mol. The number of carbonyl (C=O) groups is 1. The molecule has 2 aromatic carbocycles. The number of piperazine rings is 1. The molecule has 1 heterocycles. The number of aryl methyl sites for hydroxylation is 1. The van der Waals surface area contributed by atoms with E-state index in [2.05, 4.69) is 4.74 Å². The maximum atomic E-state index is 14.0. The lowest BCUT2D eigenvalue weighted by molar-refractivity contribution is -0.140. The average Bonchev–Trinajstić information content (AvgIpc) is 2.73. The zero-order chi connectivity index (χ0) is 24.6. The molecule has 1 saturated heterocycles. The number of methoxy groups -OCH3 is 1. The molecule has 0 bridgehead atoms. The lowest BCUT2D eigenvalue weighted by atomic mass is 10.1. The number of esters is 1. The number of rotatable bonds is 5. The predicted octanol–water partition coefficient (Wildman–Crippen LogP) is 3.77. The SMILES string of the molecule is COC(=O)Cc1cc(S(=O)(=O)N2CCN(c3ccc(C(F)(F)F)c(F)c3)[C@@H](C)C2)ccc1C. The van der Waals surface area contributed by atoms with Gasteiger partial charge in [-0.2, -0.15) is 17.5 Å². The van der Waals surface area contributed by atoms with Crippen molar-refractivity contribution in [2.45, 2.75) is 37.4 Å². The van der Waals surface area contributed by atoms with E-state index >= 15 is 0 Å². The first-order valence-corrected chi connectivity index (χ1v) is 11.6. The summed E-state index contributed by atoms with van der Waals surface area (Å²) in [7, 11) is -2.63. The van der Waals surface area contributed by atoms with E-state index in [0.29, 0.717) is 11.6 Å². The smallest absolute Gasteiger partial charge is 0.419 e. The highest BCUT2D eigenvalue weighted by atomic mass is 32.2. The van der Waals surface area contributed by atoms with Crippen LogP contribution in [-0.4, -0.2) is 51.5 Å². The summed E-state index contributed by atoms with van der Waals surface area (Å²) in [6.45, 7) is 3.78. The third kappa shape index (κ3) is 5.30. The van der Waals surface area contributed by atoms with Gasteiger partial charge in [0.2, 0.25) is 10.0 Å². The number of hydrogen-bond acceptors (Lipinski definition) is 5. The molecule has 1 fully saturated rings. The summed E-state index contributed by atoms with van der Waals surface area (Å²) in [4.78, 5) is 13.3. The molecule has 180 valence electrons. The Morgan fingerprint density at radius 2 is 1.85 bits per heavy atom. The molecule has 0 aliphatic carbocycles. The van der Waals surface area contributed by atoms with Crippen molar-refractivity contribution in [1.82, 2.24) is 4.31 Å². The molecule has 2 aromatic rings. The van der Waals surface area contributed by atoms with Crippen LogP contribution < -0.4 is 4.90 Å². The summed E-state index contributed by atoms with van der Waals surface area (Å²) in [5.74, 6) is -1.86. The van der Waals surface area contributed by atoms with E-state index in [1.807, 2.05) is 0 Å². The van der Waals surface area contributed by atoms with E-state index in [1.54, 1.807) is 24.8 Å². The van der Waals surface area contributed by atoms with Crippen molar-refractivity contribution in [2.24, 2.45) is 0 Å². The second-order valence-electron chi connectivity index (χ2n) is 7.91. The van der Waals surface area contributed by atoms with Crippen molar-refractivity contribution in [3.8, 4) is 0 Å². The van der Waals surface area contributed by atoms with Crippen molar-refractivity contribution >= 4 is 21.7 Å². The van der Waals surface area contributed by atoms with Crippen molar-refractivity contribution in [1.29, 1.82) is 0 Å². The fraction of sp³-hybridized carbons (Fsp3) is 0.409. The zero-order valence-electron chi connectivity index (χ0n) is 18.3. The minimum Gasteiger partial charge on any atom is -0.469 e. The molecule has 33 heavy (non-hydrogen) atoms. The summed E-state index contributed by atoms with van der Waals surface area (Å²) in [5.41, 5.74) is 0.194. The normalized spacial score (nSPS) is 17.8. The highest BCUT2D eigenvalue weighted by Crippen LogP contribution is 2.34. The topological polar surface area (TPSA) is 66.9 Å². The lowest BCUT2D eigenvalue weighted by Crippen LogP contribution is -2.53. The first-order chi connectivity index (χ1) is 15.3. The van der Waals surface area contributed by atoms with Crippen LogP contribution in [0.1, 0.15) is 23.6 Å². The quantitative estimate of drug-likeness (QED) is 0.474. The number of benzene rings is 2. The molecule has 0 spiro atoms. The molecule has 0 radical (unpaired) electrons. The molecule has 0 amide bonds. The van der Waals surface area contributed by atoms with Gasteiger partial charge >= 0.3 is 12.1 Å². The molecule has 0 saturated carbocycles. The third-order valence-corrected chi connectivity index (χ3v) is 7.56. The predicted molar refractivity (Wildman–Crippen MR) is 114 cm³/mol. The van der Waals surface area contributed by atoms with Crippen LogP contribution in [0.5, 0.6) is 0 Å². The van der Waals surface area contributed by atoms with Crippen LogP contribution in [0, 0.1) is 12.7 Å². The van der Waals surface area contributed by atoms with Gasteiger partial charge < -0.3 is 9.64 Å². The highest BCUT2D eigenvalue weighted by Gasteiger charge is 2.36. The minimum absolute atomic E-state index is 0.0354. The number of anilines is 1. The molecule has 6 nitrogen and oxygen atoms in total. The molecule has 0 aromatic heterocycles. The Balaban J connectivity index is 1.80. The maximum Gasteiger partial charge on any atom is 0.419 e. The van der Waals surface area contributed by atoms with Crippen molar-refractivity contribution < 1.29 is 35.5 Å². The molecule has 11 heteroatoms. The number of nitrogens with zero attached hydrogens (tertiary/aromatic N) is 2. The summed E-state index contributed by atoms with van der Waals surface area (Å²) in [6.07, 6.45) is -4.85. The van der Waals surface area contributed by atoms with Crippen LogP contribution in [0.25, 0.3) is 0 Å². The van der Waals surface area contributed by atoms with E-state index in [0.717, 1.165) is 11.6 Å². The Morgan fingerprint density at radius 3 is 2.42 bits per heavy atom. The third-order valence-electron chi connectivity index (χ3n) is 5.70. The van der Waals surface area contributed by atoms with Gasteiger partial charge in [0.05, 0.1) is 24.0 Å². The minimum atomic E-state index is -4.79. The number of hydrogen-bond donors (Lipinski definition) is 0. The second-order valence-corrected chi connectivity index (χ2v) is 9.85. The number of ether oxygens (including phenoxy) is 1. The van der Waals surface area contributed by atoms with Gasteiger partial charge in [-0.3, -0.25) is 4.79 Å². The van der Waals surface area contributed by atoms with E-state index in [4.69, 9.17) is 0 Å². The number of carbonyl (C=O) groups excluding carboxylic acids is 1. The van der Waals surface area contributed by atoms with Gasteiger partial charge in [0.1, 0.15) is 5.82 Å².